The highest BCUT2D eigenvalue weighted by Crippen LogP contribution is 2.18. The molecule has 0 aromatic carbocycles. The Hall–Kier alpha value is -1.49. The van der Waals surface area contributed by atoms with Crippen LogP contribution >= 0.6 is 0 Å². The van der Waals surface area contributed by atoms with Crippen LogP contribution in [0.4, 0.5) is 0 Å². The van der Waals surface area contributed by atoms with Crippen LogP contribution in [-0.4, -0.2) is 44.1 Å². The third kappa shape index (κ3) is 3.29. The number of hydrogen-bond donors (Lipinski definition) is 0. The maximum absolute atomic E-state index is 4.34. The molecule has 5 nitrogen and oxygen atoms in total. The van der Waals surface area contributed by atoms with E-state index in [9.17, 15) is 0 Å². The summed E-state index contributed by atoms with van der Waals surface area (Å²) in [5, 5.41) is 0. The van der Waals surface area contributed by atoms with Gasteiger partial charge in [0.25, 0.3) is 0 Å². The molecule has 0 aliphatic carbocycles. The molecule has 2 rings (SSSR count). The minimum absolute atomic E-state index is 0.426. The predicted octanol–water partition coefficient (Wildman–Crippen LogP) is 2.51. The van der Waals surface area contributed by atoms with E-state index in [0.29, 0.717) is 6.04 Å². The standard InChI is InChI=1S/C14H23N5/c1-4-18(5-2)8-6-7-12(3)19-11-17-13-9-15-10-16-14(13)19/h9-12H,4-8H2,1-3H3. The second-order valence-electron chi connectivity index (χ2n) is 4.90. The molecule has 0 spiro atoms. The van der Waals surface area contributed by atoms with Crippen molar-refractivity contribution in [2.24, 2.45) is 0 Å². The summed E-state index contributed by atoms with van der Waals surface area (Å²) in [5.74, 6) is 0. The number of nitrogens with zero attached hydrogens (tertiary/aromatic N) is 5. The van der Waals surface area contributed by atoms with Crippen LogP contribution in [-0.2, 0) is 0 Å². The van der Waals surface area contributed by atoms with E-state index < -0.39 is 0 Å². The molecule has 2 aromatic heterocycles. The summed E-state index contributed by atoms with van der Waals surface area (Å²) in [5.41, 5.74) is 1.81. The van der Waals surface area contributed by atoms with Gasteiger partial charge in [-0.15, -0.1) is 0 Å². The van der Waals surface area contributed by atoms with Gasteiger partial charge in [-0.1, -0.05) is 13.8 Å². The molecule has 0 saturated carbocycles. The first-order valence-corrected chi connectivity index (χ1v) is 7.11. The summed E-state index contributed by atoms with van der Waals surface area (Å²) in [6.45, 7) is 10.1. The van der Waals surface area contributed by atoms with Gasteiger partial charge in [0.1, 0.15) is 11.8 Å². The Bertz CT molecular complexity index is 503. The van der Waals surface area contributed by atoms with Gasteiger partial charge in [0.2, 0.25) is 0 Å². The molecule has 1 atom stereocenters. The maximum atomic E-state index is 4.34. The summed E-state index contributed by atoms with van der Waals surface area (Å²) >= 11 is 0. The summed E-state index contributed by atoms with van der Waals surface area (Å²) in [6, 6.07) is 0.426. The van der Waals surface area contributed by atoms with Gasteiger partial charge in [-0.05, 0) is 39.4 Å². The Balaban J connectivity index is 1.94. The van der Waals surface area contributed by atoms with Gasteiger partial charge in [-0.2, -0.15) is 0 Å². The van der Waals surface area contributed by atoms with Crippen LogP contribution in [0.25, 0.3) is 11.2 Å². The molecule has 104 valence electrons. The summed E-state index contributed by atoms with van der Waals surface area (Å²) in [7, 11) is 0. The van der Waals surface area contributed by atoms with E-state index >= 15 is 0 Å². The lowest BCUT2D eigenvalue weighted by Crippen LogP contribution is -2.24. The molecular formula is C14H23N5. The van der Waals surface area contributed by atoms with Gasteiger partial charge >= 0.3 is 0 Å². The van der Waals surface area contributed by atoms with Crippen molar-refractivity contribution >= 4 is 11.2 Å². The molecule has 0 N–H and O–H groups in total. The number of hydrogen-bond acceptors (Lipinski definition) is 4. The fraction of sp³-hybridized carbons (Fsp3) is 0.643. The van der Waals surface area contributed by atoms with Gasteiger partial charge < -0.3 is 9.47 Å². The number of fused-ring (bicyclic) bond motifs is 1. The Labute approximate surface area is 114 Å². The van der Waals surface area contributed by atoms with Crippen LogP contribution in [0.3, 0.4) is 0 Å². The van der Waals surface area contributed by atoms with Crippen molar-refractivity contribution in [3.8, 4) is 0 Å². The van der Waals surface area contributed by atoms with Crippen LogP contribution in [0.15, 0.2) is 18.9 Å². The average molecular weight is 261 g/mol. The Morgan fingerprint density at radius 2 is 2.05 bits per heavy atom. The monoisotopic (exact) mass is 261 g/mol. The highest BCUT2D eigenvalue weighted by molar-refractivity contribution is 5.68. The van der Waals surface area contributed by atoms with Crippen molar-refractivity contribution in [3.63, 3.8) is 0 Å². The van der Waals surface area contributed by atoms with Crippen molar-refractivity contribution in [2.75, 3.05) is 19.6 Å². The highest BCUT2D eigenvalue weighted by atomic mass is 15.1. The molecule has 0 fully saturated rings. The fourth-order valence-electron chi connectivity index (χ4n) is 2.40. The van der Waals surface area contributed by atoms with Crippen molar-refractivity contribution in [1.29, 1.82) is 0 Å². The molecule has 0 aliphatic rings. The molecule has 0 bridgehead atoms. The third-order valence-corrected chi connectivity index (χ3v) is 3.70. The second-order valence-corrected chi connectivity index (χ2v) is 4.90. The lowest BCUT2D eigenvalue weighted by molar-refractivity contribution is 0.288. The van der Waals surface area contributed by atoms with Gasteiger partial charge in [-0.3, -0.25) is 0 Å². The van der Waals surface area contributed by atoms with Crippen LogP contribution in [0.1, 0.15) is 39.7 Å². The van der Waals surface area contributed by atoms with Crippen LogP contribution in [0.2, 0.25) is 0 Å². The minimum atomic E-state index is 0.426. The first kappa shape index (κ1) is 13.9. The second kappa shape index (κ2) is 6.61. The fourth-order valence-corrected chi connectivity index (χ4v) is 2.40. The summed E-state index contributed by atoms with van der Waals surface area (Å²) in [6.07, 6.45) is 7.57. The van der Waals surface area contributed by atoms with Gasteiger partial charge in [0, 0.05) is 6.04 Å². The first-order chi connectivity index (χ1) is 9.26. The maximum Gasteiger partial charge on any atom is 0.163 e. The molecule has 5 heteroatoms. The average Bonchev–Trinajstić information content (AvgIpc) is 2.87. The normalized spacial score (nSPS) is 13.3. The summed E-state index contributed by atoms with van der Waals surface area (Å²) < 4.78 is 2.15. The molecule has 0 amide bonds. The molecule has 2 aromatic rings. The quantitative estimate of drug-likeness (QED) is 0.768. The predicted molar refractivity (Wildman–Crippen MR) is 77.1 cm³/mol. The van der Waals surface area contributed by atoms with Crippen molar-refractivity contribution in [3.05, 3.63) is 18.9 Å². The van der Waals surface area contributed by atoms with E-state index in [-0.39, 0.29) is 0 Å². The van der Waals surface area contributed by atoms with Gasteiger partial charge in [0.15, 0.2) is 5.65 Å². The molecule has 0 aliphatic heterocycles. The molecule has 2 heterocycles. The van der Waals surface area contributed by atoms with E-state index in [2.05, 4.69) is 45.2 Å². The van der Waals surface area contributed by atoms with E-state index in [1.54, 1.807) is 12.5 Å². The SMILES string of the molecule is CCN(CC)CCCC(C)n1cnc2cncnc21. The summed E-state index contributed by atoms with van der Waals surface area (Å²) in [4.78, 5) is 15.1. The first-order valence-electron chi connectivity index (χ1n) is 7.11. The van der Waals surface area contributed by atoms with Gasteiger partial charge in [-0.25, -0.2) is 15.0 Å². The highest BCUT2D eigenvalue weighted by Gasteiger charge is 2.10. The van der Waals surface area contributed by atoms with Crippen LogP contribution in [0.5, 0.6) is 0 Å². The number of rotatable bonds is 7. The lowest BCUT2D eigenvalue weighted by Gasteiger charge is -2.19. The largest absolute Gasteiger partial charge is 0.312 e. The van der Waals surface area contributed by atoms with Crippen molar-refractivity contribution in [2.45, 2.75) is 39.7 Å². The van der Waals surface area contributed by atoms with E-state index in [1.807, 2.05) is 6.33 Å². The number of imidazole rings is 1. The topological polar surface area (TPSA) is 46.8 Å². The van der Waals surface area contributed by atoms with Crippen molar-refractivity contribution in [1.82, 2.24) is 24.4 Å². The smallest absolute Gasteiger partial charge is 0.163 e. The molecule has 0 radical (unpaired) electrons. The molecule has 0 saturated heterocycles. The van der Waals surface area contributed by atoms with E-state index in [4.69, 9.17) is 0 Å². The van der Waals surface area contributed by atoms with Crippen molar-refractivity contribution < 1.29 is 0 Å². The molecular weight excluding hydrogens is 238 g/mol. The van der Waals surface area contributed by atoms with Crippen LogP contribution < -0.4 is 0 Å². The zero-order valence-electron chi connectivity index (χ0n) is 12.1. The van der Waals surface area contributed by atoms with E-state index in [1.165, 1.54) is 13.0 Å². The van der Waals surface area contributed by atoms with Crippen LogP contribution in [0, 0.1) is 0 Å². The van der Waals surface area contributed by atoms with Gasteiger partial charge in [0.05, 0.1) is 12.5 Å². The Kier molecular flexibility index (Phi) is 4.85. The molecule has 1 unspecified atom stereocenters. The number of aromatic nitrogens is 4. The lowest BCUT2D eigenvalue weighted by atomic mass is 10.1. The Morgan fingerprint density at radius 3 is 2.79 bits per heavy atom. The third-order valence-electron chi connectivity index (χ3n) is 3.70. The zero-order valence-corrected chi connectivity index (χ0v) is 12.1. The Morgan fingerprint density at radius 1 is 1.26 bits per heavy atom. The zero-order chi connectivity index (χ0) is 13.7. The minimum Gasteiger partial charge on any atom is -0.312 e. The molecule has 19 heavy (non-hydrogen) atoms. The van der Waals surface area contributed by atoms with E-state index in [0.717, 1.165) is 30.7 Å².